The third kappa shape index (κ3) is 1.52. The topological polar surface area (TPSA) is 62.8 Å². The lowest BCUT2D eigenvalue weighted by atomic mass is 10.1. The maximum absolute atomic E-state index is 7.90. The van der Waals surface area contributed by atoms with E-state index < -0.39 is 0 Å². The molecule has 0 saturated carbocycles. The normalized spacial score (nSPS) is 10.0. The smallest absolute Gasteiger partial charge is 0.141 e. The fraction of sp³-hybridized carbons (Fsp3) is 0. The van der Waals surface area contributed by atoms with Crippen molar-refractivity contribution in [1.29, 1.82) is 5.41 Å². The quantitative estimate of drug-likeness (QED) is 0.580. The summed E-state index contributed by atoms with van der Waals surface area (Å²) in [4.78, 5) is 4.07. The lowest BCUT2D eigenvalue weighted by Gasteiger charge is -2.03. The van der Waals surface area contributed by atoms with E-state index in [1.807, 2.05) is 23.6 Å². The number of hydrogen-bond acceptors (Lipinski definition) is 4. The third-order valence-corrected chi connectivity index (χ3v) is 2.67. The average molecular weight is 203 g/mol. The fourth-order valence-electron chi connectivity index (χ4n) is 1.19. The van der Waals surface area contributed by atoms with Crippen molar-refractivity contribution in [3.8, 4) is 0 Å². The molecule has 3 N–H and O–H groups in total. The number of nitrogens with zero attached hydrogens (tertiary/aromatic N) is 1. The molecule has 1 aromatic heterocycles. The van der Waals surface area contributed by atoms with E-state index in [-0.39, 0.29) is 0 Å². The molecule has 14 heavy (non-hydrogen) atoms. The molecule has 0 radical (unpaired) electrons. The molecule has 2 rings (SSSR count). The van der Waals surface area contributed by atoms with Gasteiger partial charge in [-0.2, -0.15) is 0 Å². The molecule has 0 atom stereocenters. The highest BCUT2D eigenvalue weighted by molar-refractivity contribution is 7.11. The molecular weight excluding hydrogens is 194 g/mol. The van der Waals surface area contributed by atoms with Gasteiger partial charge in [-0.3, -0.25) is 5.41 Å². The second-order valence-electron chi connectivity index (χ2n) is 2.80. The van der Waals surface area contributed by atoms with Crippen LogP contribution in [0.1, 0.15) is 10.6 Å². The van der Waals surface area contributed by atoms with Crippen molar-refractivity contribution in [1.82, 2.24) is 4.98 Å². The summed E-state index contributed by atoms with van der Waals surface area (Å²) in [5.74, 6) is 0. The number of rotatable bonds is 2. The summed E-state index contributed by atoms with van der Waals surface area (Å²) < 4.78 is 0. The Hall–Kier alpha value is -1.68. The van der Waals surface area contributed by atoms with Gasteiger partial charge in [0.15, 0.2) is 0 Å². The summed E-state index contributed by atoms with van der Waals surface area (Å²) >= 11 is 1.44. The number of anilines is 1. The van der Waals surface area contributed by atoms with Crippen molar-refractivity contribution in [3.05, 3.63) is 46.4 Å². The molecule has 0 amide bonds. The van der Waals surface area contributed by atoms with Gasteiger partial charge in [0.1, 0.15) is 5.01 Å². The molecule has 3 nitrogen and oxygen atoms in total. The van der Waals surface area contributed by atoms with Gasteiger partial charge in [0.05, 0.1) is 5.71 Å². The Bertz CT molecular complexity index is 448. The van der Waals surface area contributed by atoms with Gasteiger partial charge in [-0.15, -0.1) is 11.3 Å². The zero-order valence-electron chi connectivity index (χ0n) is 7.40. The molecule has 4 heteroatoms. The van der Waals surface area contributed by atoms with E-state index in [0.717, 1.165) is 5.56 Å². The number of para-hydroxylation sites is 1. The second-order valence-corrected chi connectivity index (χ2v) is 3.69. The summed E-state index contributed by atoms with van der Waals surface area (Å²) in [6.45, 7) is 0. The van der Waals surface area contributed by atoms with Crippen LogP contribution in [0, 0.1) is 5.41 Å². The second kappa shape index (κ2) is 3.59. The fourth-order valence-corrected chi connectivity index (χ4v) is 1.79. The predicted octanol–water partition coefficient (Wildman–Crippen LogP) is 2.14. The van der Waals surface area contributed by atoms with Crippen molar-refractivity contribution in [2.24, 2.45) is 0 Å². The number of benzene rings is 1. The van der Waals surface area contributed by atoms with E-state index in [2.05, 4.69) is 4.98 Å². The van der Waals surface area contributed by atoms with Gasteiger partial charge in [0.2, 0.25) is 0 Å². The van der Waals surface area contributed by atoms with Crippen LogP contribution >= 0.6 is 11.3 Å². The monoisotopic (exact) mass is 203 g/mol. The zero-order chi connectivity index (χ0) is 9.97. The molecule has 0 saturated heterocycles. The number of nitrogens with two attached hydrogens (primary N) is 1. The van der Waals surface area contributed by atoms with Gasteiger partial charge in [-0.25, -0.2) is 4.98 Å². The summed E-state index contributed by atoms with van der Waals surface area (Å²) in [6.07, 6.45) is 1.69. The number of nitrogen functional groups attached to an aromatic ring is 1. The van der Waals surface area contributed by atoms with Crippen LogP contribution in [0.4, 0.5) is 5.69 Å². The lowest BCUT2D eigenvalue weighted by Crippen LogP contribution is -2.04. The minimum atomic E-state index is 0.387. The highest BCUT2D eigenvalue weighted by Crippen LogP contribution is 2.17. The van der Waals surface area contributed by atoms with E-state index in [1.165, 1.54) is 11.3 Å². The molecule has 0 aliphatic rings. The van der Waals surface area contributed by atoms with Crippen LogP contribution in [0.15, 0.2) is 35.8 Å². The first kappa shape index (κ1) is 8.90. The molecule has 0 bridgehead atoms. The van der Waals surface area contributed by atoms with Gasteiger partial charge in [0.25, 0.3) is 0 Å². The highest BCUT2D eigenvalue weighted by Gasteiger charge is 2.09. The Kier molecular flexibility index (Phi) is 2.28. The zero-order valence-corrected chi connectivity index (χ0v) is 8.21. The lowest BCUT2D eigenvalue weighted by molar-refractivity contribution is 1.35. The SMILES string of the molecule is N=C(c1nccs1)c1ccccc1N. The minimum absolute atomic E-state index is 0.387. The van der Waals surface area contributed by atoms with Crippen LogP contribution < -0.4 is 5.73 Å². The first-order valence-corrected chi connectivity index (χ1v) is 5.00. The molecule has 1 heterocycles. The molecule has 0 fully saturated rings. The van der Waals surface area contributed by atoms with E-state index in [9.17, 15) is 0 Å². The minimum Gasteiger partial charge on any atom is -0.398 e. The summed E-state index contributed by atoms with van der Waals surface area (Å²) in [5, 5.41) is 10.4. The van der Waals surface area contributed by atoms with Crippen molar-refractivity contribution in [3.63, 3.8) is 0 Å². The number of aromatic nitrogens is 1. The third-order valence-electron chi connectivity index (χ3n) is 1.88. The van der Waals surface area contributed by atoms with Crippen LogP contribution in [-0.4, -0.2) is 10.7 Å². The number of hydrogen-bond donors (Lipinski definition) is 2. The Morgan fingerprint density at radius 3 is 2.79 bits per heavy atom. The predicted molar refractivity (Wildman–Crippen MR) is 58.9 cm³/mol. The van der Waals surface area contributed by atoms with E-state index in [1.54, 1.807) is 12.3 Å². The van der Waals surface area contributed by atoms with Crippen LogP contribution in [-0.2, 0) is 0 Å². The largest absolute Gasteiger partial charge is 0.398 e. The van der Waals surface area contributed by atoms with Crippen LogP contribution in [0.25, 0.3) is 0 Å². The molecule has 1 aromatic carbocycles. The van der Waals surface area contributed by atoms with Crippen LogP contribution in [0.3, 0.4) is 0 Å². The van der Waals surface area contributed by atoms with Crippen LogP contribution in [0.2, 0.25) is 0 Å². The molecule has 0 aliphatic carbocycles. The Morgan fingerprint density at radius 2 is 2.14 bits per heavy atom. The average Bonchev–Trinajstić information content (AvgIpc) is 2.70. The van der Waals surface area contributed by atoms with Gasteiger partial charge >= 0.3 is 0 Å². The maximum Gasteiger partial charge on any atom is 0.141 e. The maximum atomic E-state index is 7.90. The number of thiazole rings is 1. The van der Waals surface area contributed by atoms with Gasteiger partial charge in [-0.05, 0) is 6.07 Å². The van der Waals surface area contributed by atoms with Crippen LogP contribution in [0.5, 0.6) is 0 Å². The number of nitrogens with one attached hydrogen (secondary N) is 1. The first-order chi connectivity index (χ1) is 6.79. The van der Waals surface area contributed by atoms with Gasteiger partial charge < -0.3 is 5.73 Å². The van der Waals surface area contributed by atoms with E-state index in [0.29, 0.717) is 16.4 Å². The standard InChI is InChI=1S/C10H9N3S/c11-8-4-2-1-3-7(8)9(12)10-13-5-6-14-10/h1-6,12H,11H2. The van der Waals surface area contributed by atoms with Crippen molar-refractivity contribution < 1.29 is 0 Å². The Balaban J connectivity index is 2.42. The molecule has 0 aliphatic heterocycles. The summed E-state index contributed by atoms with van der Waals surface area (Å²) in [5.41, 5.74) is 7.51. The Labute approximate surface area is 85.7 Å². The van der Waals surface area contributed by atoms with E-state index >= 15 is 0 Å². The van der Waals surface area contributed by atoms with Crippen molar-refractivity contribution in [2.45, 2.75) is 0 Å². The molecule has 0 spiro atoms. The molecule has 70 valence electrons. The van der Waals surface area contributed by atoms with Gasteiger partial charge in [-0.1, -0.05) is 18.2 Å². The Morgan fingerprint density at radius 1 is 1.36 bits per heavy atom. The molecular formula is C10H9N3S. The van der Waals surface area contributed by atoms with Gasteiger partial charge in [0, 0.05) is 22.8 Å². The van der Waals surface area contributed by atoms with Crippen molar-refractivity contribution >= 4 is 22.7 Å². The molecule has 0 unspecified atom stereocenters. The van der Waals surface area contributed by atoms with Crippen molar-refractivity contribution in [2.75, 3.05) is 5.73 Å². The van der Waals surface area contributed by atoms with E-state index in [4.69, 9.17) is 11.1 Å². The first-order valence-electron chi connectivity index (χ1n) is 4.12. The summed E-state index contributed by atoms with van der Waals surface area (Å²) in [6, 6.07) is 7.35. The summed E-state index contributed by atoms with van der Waals surface area (Å²) in [7, 11) is 0. The molecule has 2 aromatic rings. The highest BCUT2D eigenvalue weighted by atomic mass is 32.1.